The topological polar surface area (TPSA) is 62.2 Å². The van der Waals surface area contributed by atoms with Gasteiger partial charge in [0.2, 0.25) is 5.91 Å². The molecule has 1 saturated heterocycles. The zero-order chi connectivity index (χ0) is 16.2. The maximum absolute atomic E-state index is 13.0. The van der Waals surface area contributed by atoms with E-state index in [-0.39, 0.29) is 17.8 Å². The molecule has 0 spiro atoms. The molecule has 1 aromatic carbocycles. The smallest absolute Gasteiger partial charge is 0.239 e. The summed E-state index contributed by atoms with van der Waals surface area (Å²) in [7, 11) is 1.89. The molecule has 122 valence electrons. The standard InChI is InChI=1S/C16H20FN5O/c1-21-8-6-19-15(21)10-20-16(23)14-11-22(9-7-18-14)13-4-2-12(17)3-5-13/h2-6,8,14,18H,7,9-11H2,1H3,(H,20,23)/t14-/m0/s1. The molecule has 0 aliphatic carbocycles. The number of rotatable bonds is 4. The molecule has 2 heterocycles. The van der Waals surface area contributed by atoms with Gasteiger partial charge in [-0.3, -0.25) is 4.79 Å². The lowest BCUT2D eigenvalue weighted by Gasteiger charge is -2.34. The minimum Gasteiger partial charge on any atom is -0.368 e. The first kappa shape index (κ1) is 15.5. The number of anilines is 1. The lowest BCUT2D eigenvalue weighted by Crippen LogP contribution is -2.57. The lowest BCUT2D eigenvalue weighted by molar-refractivity contribution is -0.123. The van der Waals surface area contributed by atoms with Gasteiger partial charge < -0.3 is 20.1 Å². The zero-order valence-corrected chi connectivity index (χ0v) is 13.0. The monoisotopic (exact) mass is 317 g/mol. The van der Waals surface area contributed by atoms with E-state index in [1.807, 2.05) is 17.8 Å². The minimum atomic E-state index is -0.297. The van der Waals surface area contributed by atoms with E-state index in [1.54, 1.807) is 18.3 Å². The van der Waals surface area contributed by atoms with Gasteiger partial charge in [0.1, 0.15) is 17.7 Å². The van der Waals surface area contributed by atoms with Crippen molar-refractivity contribution in [2.24, 2.45) is 7.05 Å². The number of piperazine rings is 1. The van der Waals surface area contributed by atoms with Crippen LogP contribution in [0, 0.1) is 5.82 Å². The number of carbonyl (C=O) groups is 1. The second kappa shape index (κ2) is 6.78. The fourth-order valence-electron chi connectivity index (χ4n) is 2.67. The molecule has 0 radical (unpaired) electrons. The summed E-state index contributed by atoms with van der Waals surface area (Å²) in [6.07, 6.45) is 3.55. The van der Waals surface area contributed by atoms with Gasteiger partial charge in [0, 0.05) is 44.8 Å². The van der Waals surface area contributed by atoms with Crippen LogP contribution in [0.15, 0.2) is 36.7 Å². The maximum atomic E-state index is 13.0. The van der Waals surface area contributed by atoms with Crippen LogP contribution in [0.4, 0.5) is 10.1 Å². The molecule has 1 atom stereocenters. The third-order valence-electron chi connectivity index (χ3n) is 4.03. The van der Waals surface area contributed by atoms with Crippen LogP contribution in [0.1, 0.15) is 5.82 Å². The second-order valence-corrected chi connectivity index (χ2v) is 5.60. The van der Waals surface area contributed by atoms with Crippen LogP contribution < -0.4 is 15.5 Å². The van der Waals surface area contributed by atoms with Crippen molar-refractivity contribution in [2.45, 2.75) is 12.6 Å². The Hall–Kier alpha value is -2.41. The Morgan fingerprint density at radius 1 is 1.43 bits per heavy atom. The predicted octanol–water partition coefficient (Wildman–Crippen LogP) is 0.654. The fraction of sp³-hybridized carbons (Fsp3) is 0.375. The molecule has 0 unspecified atom stereocenters. The minimum absolute atomic E-state index is 0.0557. The molecule has 1 aromatic heterocycles. The van der Waals surface area contributed by atoms with E-state index < -0.39 is 0 Å². The van der Waals surface area contributed by atoms with E-state index >= 15 is 0 Å². The summed E-state index contributed by atoms with van der Waals surface area (Å²) in [4.78, 5) is 18.6. The molecule has 2 aromatic rings. The number of nitrogens with one attached hydrogen (secondary N) is 2. The van der Waals surface area contributed by atoms with E-state index in [0.717, 1.165) is 18.1 Å². The molecule has 1 aliphatic heterocycles. The summed E-state index contributed by atoms with van der Waals surface area (Å²) >= 11 is 0. The van der Waals surface area contributed by atoms with Gasteiger partial charge in [-0.2, -0.15) is 0 Å². The predicted molar refractivity (Wildman–Crippen MR) is 85.5 cm³/mol. The van der Waals surface area contributed by atoms with E-state index in [2.05, 4.69) is 20.5 Å². The van der Waals surface area contributed by atoms with Gasteiger partial charge in [-0.1, -0.05) is 0 Å². The van der Waals surface area contributed by atoms with E-state index in [1.165, 1.54) is 12.1 Å². The van der Waals surface area contributed by atoms with Crippen molar-refractivity contribution in [1.82, 2.24) is 20.2 Å². The van der Waals surface area contributed by atoms with Crippen molar-refractivity contribution < 1.29 is 9.18 Å². The average Bonchev–Trinajstić information content (AvgIpc) is 2.98. The Labute approximate surface area is 134 Å². The summed E-state index contributed by atoms with van der Waals surface area (Å²) in [5.41, 5.74) is 0.926. The number of carbonyl (C=O) groups excluding carboxylic acids is 1. The number of aryl methyl sites for hydroxylation is 1. The molecular weight excluding hydrogens is 297 g/mol. The van der Waals surface area contributed by atoms with Gasteiger partial charge in [0.15, 0.2) is 0 Å². The first-order valence-corrected chi connectivity index (χ1v) is 7.61. The van der Waals surface area contributed by atoms with Gasteiger partial charge >= 0.3 is 0 Å². The molecule has 1 amide bonds. The van der Waals surface area contributed by atoms with Crippen LogP contribution in [-0.2, 0) is 18.4 Å². The first-order chi connectivity index (χ1) is 11.1. The fourth-order valence-corrected chi connectivity index (χ4v) is 2.67. The molecule has 6 nitrogen and oxygen atoms in total. The van der Waals surface area contributed by atoms with Crippen LogP contribution in [0.5, 0.6) is 0 Å². The number of hydrogen-bond donors (Lipinski definition) is 2. The Balaban J connectivity index is 1.58. The third-order valence-corrected chi connectivity index (χ3v) is 4.03. The Morgan fingerprint density at radius 2 is 2.22 bits per heavy atom. The Morgan fingerprint density at radius 3 is 2.91 bits per heavy atom. The van der Waals surface area contributed by atoms with Gasteiger partial charge in [-0.15, -0.1) is 0 Å². The van der Waals surface area contributed by atoms with Crippen LogP contribution in [0.3, 0.4) is 0 Å². The average molecular weight is 317 g/mol. The molecule has 1 fully saturated rings. The summed E-state index contributed by atoms with van der Waals surface area (Å²) in [6.45, 7) is 2.45. The van der Waals surface area contributed by atoms with Gasteiger partial charge in [0.05, 0.1) is 6.54 Å². The number of nitrogens with zero attached hydrogens (tertiary/aromatic N) is 3. The highest BCUT2D eigenvalue weighted by Crippen LogP contribution is 2.16. The van der Waals surface area contributed by atoms with Gasteiger partial charge in [-0.25, -0.2) is 9.37 Å². The maximum Gasteiger partial charge on any atom is 0.239 e. The molecule has 1 aliphatic rings. The largest absolute Gasteiger partial charge is 0.368 e. The van der Waals surface area contributed by atoms with Crippen molar-refractivity contribution in [3.63, 3.8) is 0 Å². The van der Waals surface area contributed by atoms with Gasteiger partial charge in [0.25, 0.3) is 0 Å². The highest BCUT2D eigenvalue weighted by Gasteiger charge is 2.25. The highest BCUT2D eigenvalue weighted by atomic mass is 19.1. The first-order valence-electron chi connectivity index (χ1n) is 7.61. The normalized spacial score (nSPS) is 18.0. The molecule has 3 rings (SSSR count). The Kier molecular flexibility index (Phi) is 4.57. The molecular formula is C16H20FN5O. The Bertz CT molecular complexity index is 669. The number of halogens is 1. The quantitative estimate of drug-likeness (QED) is 0.869. The summed E-state index contributed by atoms with van der Waals surface area (Å²) in [5, 5.41) is 6.13. The molecule has 0 saturated carbocycles. The van der Waals surface area contributed by atoms with Crippen molar-refractivity contribution in [3.8, 4) is 0 Å². The van der Waals surface area contributed by atoms with Crippen molar-refractivity contribution in [1.29, 1.82) is 0 Å². The van der Waals surface area contributed by atoms with Crippen molar-refractivity contribution in [2.75, 3.05) is 24.5 Å². The van der Waals surface area contributed by atoms with Crippen molar-refractivity contribution >= 4 is 11.6 Å². The number of amides is 1. The van der Waals surface area contributed by atoms with E-state index in [9.17, 15) is 9.18 Å². The molecule has 23 heavy (non-hydrogen) atoms. The number of benzene rings is 1. The number of hydrogen-bond acceptors (Lipinski definition) is 4. The van der Waals surface area contributed by atoms with Crippen LogP contribution in [0.2, 0.25) is 0 Å². The zero-order valence-electron chi connectivity index (χ0n) is 13.0. The number of imidazole rings is 1. The highest BCUT2D eigenvalue weighted by molar-refractivity contribution is 5.82. The van der Waals surface area contributed by atoms with Crippen LogP contribution >= 0.6 is 0 Å². The molecule has 7 heteroatoms. The summed E-state index contributed by atoms with van der Waals surface area (Å²) in [5.74, 6) is 0.498. The van der Waals surface area contributed by atoms with Crippen molar-refractivity contribution in [3.05, 3.63) is 48.3 Å². The summed E-state index contributed by atoms with van der Waals surface area (Å²) < 4.78 is 14.9. The second-order valence-electron chi connectivity index (χ2n) is 5.60. The summed E-state index contributed by atoms with van der Waals surface area (Å²) in [6, 6.07) is 6.06. The molecule has 0 bridgehead atoms. The van der Waals surface area contributed by atoms with E-state index in [4.69, 9.17) is 0 Å². The number of aromatic nitrogens is 2. The van der Waals surface area contributed by atoms with Gasteiger partial charge in [-0.05, 0) is 24.3 Å². The third kappa shape index (κ3) is 3.68. The van der Waals surface area contributed by atoms with Crippen LogP contribution in [-0.4, -0.2) is 41.1 Å². The lowest BCUT2D eigenvalue weighted by atomic mass is 10.1. The molecule has 2 N–H and O–H groups in total. The van der Waals surface area contributed by atoms with E-state index in [0.29, 0.717) is 19.6 Å². The van der Waals surface area contributed by atoms with Crippen LogP contribution in [0.25, 0.3) is 0 Å². The SMILES string of the molecule is Cn1ccnc1CNC(=O)[C@@H]1CN(c2ccc(F)cc2)CCN1.